The van der Waals surface area contributed by atoms with Crippen LogP contribution >= 0.6 is 0 Å². The summed E-state index contributed by atoms with van der Waals surface area (Å²) in [6.45, 7) is 2.66. The molecule has 0 bridgehead atoms. The highest BCUT2D eigenvalue weighted by molar-refractivity contribution is 6.05. The first kappa shape index (κ1) is 20.0. The Balaban J connectivity index is 1.60. The summed E-state index contributed by atoms with van der Waals surface area (Å²) in [6.07, 6.45) is 3.21. The van der Waals surface area contributed by atoms with Crippen LogP contribution in [0.2, 0.25) is 0 Å². The minimum Gasteiger partial charge on any atom is -0.365 e. The van der Waals surface area contributed by atoms with E-state index >= 15 is 0 Å². The van der Waals surface area contributed by atoms with E-state index in [2.05, 4.69) is 42.2 Å². The Hall–Kier alpha value is -3.95. The second-order valence-electron chi connectivity index (χ2n) is 8.17. The summed E-state index contributed by atoms with van der Waals surface area (Å²) in [4.78, 5) is 27.1. The van der Waals surface area contributed by atoms with Crippen LogP contribution in [0.25, 0.3) is 5.69 Å². The maximum Gasteiger partial charge on any atom is 0.273 e. The zero-order chi connectivity index (χ0) is 22.4. The molecule has 2 amide bonds. The van der Waals surface area contributed by atoms with Crippen LogP contribution in [0.3, 0.4) is 0 Å². The van der Waals surface area contributed by atoms with E-state index in [0.29, 0.717) is 17.9 Å². The number of anilines is 4. The fraction of sp³-hybridized carbons (Fsp3) is 0.318. The van der Waals surface area contributed by atoms with Gasteiger partial charge in [0, 0.05) is 20.0 Å². The van der Waals surface area contributed by atoms with Gasteiger partial charge in [-0.3, -0.25) is 9.59 Å². The molecule has 2 aromatic heterocycles. The van der Waals surface area contributed by atoms with Crippen LogP contribution in [0.15, 0.2) is 30.5 Å². The summed E-state index contributed by atoms with van der Waals surface area (Å²) in [6, 6.07) is 7.93. The SMILES string of the molecule is CNC(=O)c1nncc(NC(=O)C2CC2)c1Nc1cccc2c1N(C)Cc1cc(C)nn1-2. The van der Waals surface area contributed by atoms with Gasteiger partial charge in [-0.05, 0) is 38.0 Å². The molecule has 164 valence electrons. The Morgan fingerprint density at radius 1 is 1.19 bits per heavy atom. The summed E-state index contributed by atoms with van der Waals surface area (Å²) in [5.41, 5.74) is 5.60. The Kier molecular flexibility index (Phi) is 4.76. The Labute approximate surface area is 185 Å². The lowest BCUT2D eigenvalue weighted by atomic mass is 10.1. The first-order valence-corrected chi connectivity index (χ1v) is 10.5. The molecule has 10 heteroatoms. The van der Waals surface area contributed by atoms with Gasteiger partial charge in [-0.15, -0.1) is 5.10 Å². The monoisotopic (exact) mass is 432 g/mol. The molecule has 1 saturated carbocycles. The first-order chi connectivity index (χ1) is 15.5. The van der Waals surface area contributed by atoms with Gasteiger partial charge < -0.3 is 20.9 Å². The van der Waals surface area contributed by atoms with Crippen molar-refractivity contribution in [2.45, 2.75) is 26.3 Å². The number of hydrogen-bond acceptors (Lipinski definition) is 7. The standard InChI is InChI=1S/C22H24N8O2/c1-12-9-14-11-29(3)20-15(5-4-6-17(20)30(14)28-12)25-18-16(26-21(31)13-7-8-13)10-24-27-19(18)22(32)23-2/h4-6,9-10,13H,7-8,11H2,1-3H3,(H,23,32)(H,24,25)(H,26,27,31). The summed E-state index contributed by atoms with van der Waals surface area (Å²) < 4.78 is 1.94. The molecule has 3 aromatic rings. The minimum absolute atomic E-state index is 0.0107. The molecule has 10 nitrogen and oxygen atoms in total. The van der Waals surface area contributed by atoms with Crippen LogP contribution < -0.4 is 20.9 Å². The number of fused-ring (bicyclic) bond motifs is 3. The predicted molar refractivity (Wildman–Crippen MR) is 120 cm³/mol. The molecule has 1 aliphatic carbocycles. The highest BCUT2D eigenvalue weighted by Crippen LogP contribution is 2.40. The topological polar surface area (TPSA) is 117 Å². The Morgan fingerprint density at radius 3 is 2.75 bits per heavy atom. The van der Waals surface area contributed by atoms with E-state index in [9.17, 15) is 9.59 Å². The minimum atomic E-state index is -0.398. The summed E-state index contributed by atoms with van der Waals surface area (Å²) in [5.74, 6) is -0.463. The summed E-state index contributed by atoms with van der Waals surface area (Å²) in [5, 5.41) is 21.5. The average molecular weight is 432 g/mol. The Morgan fingerprint density at radius 2 is 2.00 bits per heavy atom. The van der Waals surface area contributed by atoms with Crippen molar-refractivity contribution in [1.82, 2.24) is 25.3 Å². The quantitative estimate of drug-likeness (QED) is 0.567. The van der Waals surface area contributed by atoms with E-state index in [4.69, 9.17) is 0 Å². The number of benzene rings is 1. The van der Waals surface area contributed by atoms with Crippen LogP contribution in [0, 0.1) is 12.8 Å². The van der Waals surface area contributed by atoms with E-state index in [1.54, 1.807) is 0 Å². The van der Waals surface area contributed by atoms with Crippen molar-refractivity contribution in [2.24, 2.45) is 5.92 Å². The third-order valence-electron chi connectivity index (χ3n) is 5.69. The van der Waals surface area contributed by atoms with Crippen molar-refractivity contribution >= 4 is 34.6 Å². The fourth-order valence-corrected chi connectivity index (χ4v) is 4.00. The number of carbonyl (C=O) groups excluding carboxylic acids is 2. The zero-order valence-electron chi connectivity index (χ0n) is 18.1. The molecule has 3 heterocycles. The highest BCUT2D eigenvalue weighted by atomic mass is 16.2. The third kappa shape index (κ3) is 3.43. The normalized spacial score (nSPS) is 14.4. The Bertz CT molecular complexity index is 1230. The van der Waals surface area contributed by atoms with E-state index in [-0.39, 0.29) is 17.5 Å². The first-order valence-electron chi connectivity index (χ1n) is 10.5. The van der Waals surface area contributed by atoms with Crippen molar-refractivity contribution in [3.05, 3.63) is 47.5 Å². The highest BCUT2D eigenvalue weighted by Gasteiger charge is 2.31. The molecule has 0 spiro atoms. The molecule has 0 unspecified atom stereocenters. The number of nitrogens with one attached hydrogen (secondary N) is 3. The smallest absolute Gasteiger partial charge is 0.273 e. The number of nitrogens with zero attached hydrogens (tertiary/aromatic N) is 5. The van der Waals surface area contributed by atoms with Gasteiger partial charge in [0.15, 0.2) is 5.69 Å². The molecule has 32 heavy (non-hydrogen) atoms. The largest absolute Gasteiger partial charge is 0.365 e. The zero-order valence-corrected chi connectivity index (χ0v) is 18.1. The maximum atomic E-state index is 12.5. The molecule has 2 aliphatic rings. The molecule has 1 aliphatic heterocycles. The van der Waals surface area contributed by atoms with Crippen LogP contribution in [-0.4, -0.2) is 45.9 Å². The van der Waals surface area contributed by atoms with Crippen molar-refractivity contribution < 1.29 is 9.59 Å². The number of carbonyl (C=O) groups is 2. The lowest BCUT2D eigenvalue weighted by molar-refractivity contribution is -0.117. The third-order valence-corrected chi connectivity index (χ3v) is 5.69. The van der Waals surface area contributed by atoms with E-state index in [0.717, 1.165) is 41.3 Å². The molecular weight excluding hydrogens is 408 g/mol. The molecule has 1 fully saturated rings. The van der Waals surface area contributed by atoms with Crippen LogP contribution in [0.4, 0.5) is 22.7 Å². The lowest BCUT2D eigenvalue weighted by Gasteiger charge is -2.31. The second-order valence-corrected chi connectivity index (χ2v) is 8.17. The van der Waals surface area contributed by atoms with Crippen LogP contribution in [0.5, 0.6) is 0 Å². The van der Waals surface area contributed by atoms with Gasteiger partial charge in [0.2, 0.25) is 5.91 Å². The van der Waals surface area contributed by atoms with Gasteiger partial charge in [-0.1, -0.05) is 6.07 Å². The van der Waals surface area contributed by atoms with Crippen molar-refractivity contribution in [2.75, 3.05) is 29.6 Å². The molecule has 3 N–H and O–H groups in total. The van der Waals surface area contributed by atoms with E-state index in [1.807, 2.05) is 36.9 Å². The fourth-order valence-electron chi connectivity index (χ4n) is 4.00. The average Bonchev–Trinajstić information content (AvgIpc) is 3.56. The van der Waals surface area contributed by atoms with Crippen LogP contribution in [-0.2, 0) is 11.3 Å². The molecule has 5 rings (SSSR count). The maximum absolute atomic E-state index is 12.5. The number of amides is 2. The van der Waals surface area contributed by atoms with Gasteiger partial charge in [-0.2, -0.15) is 10.2 Å². The van der Waals surface area contributed by atoms with E-state index < -0.39 is 5.91 Å². The lowest BCUT2D eigenvalue weighted by Crippen LogP contribution is -2.27. The van der Waals surface area contributed by atoms with Gasteiger partial charge >= 0.3 is 0 Å². The molecule has 0 atom stereocenters. The number of para-hydroxylation sites is 1. The van der Waals surface area contributed by atoms with Crippen molar-refractivity contribution in [3.63, 3.8) is 0 Å². The van der Waals surface area contributed by atoms with Crippen LogP contribution in [0.1, 0.15) is 34.7 Å². The predicted octanol–water partition coefficient (Wildman–Crippen LogP) is 2.37. The second kappa shape index (κ2) is 7.63. The number of hydrogen-bond donors (Lipinski definition) is 3. The summed E-state index contributed by atoms with van der Waals surface area (Å²) in [7, 11) is 3.54. The molecule has 0 radical (unpaired) electrons. The number of aromatic nitrogens is 4. The number of rotatable bonds is 5. The summed E-state index contributed by atoms with van der Waals surface area (Å²) >= 11 is 0. The van der Waals surface area contributed by atoms with Gasteiger partial charge in [0.05, 0.1) is 52.6 Å². The van der Waals surface area contributed by atoms with Gasteiger partial charge in [0.25, 0.3) is 5.91 Å². The van der Waals surface area contributed by atoms with Gasteiger partial charge in [0.1, 0.15) is 0 Å². The van der Waals surface area contributed by atoms with Crippen molar-refractivity contribution in [1.29, 1.82) is 0 Å². The number of aryl methyl sites for hydroxylation is 1. The molecule has 0 saturated heterocycles. The van der Waals surface area contributed by atoms with Gasteiger partial charge in [-0.25, -0.2) is 4.68 Å². The molecule has 1 aromatic carbocycles. The molecular formula is C22H24N8O2. The van der Waals surface area contributed by atoms with Crippen molar-refractivity contribution in [3.8, 4) is 5.69 Å². The van der Waals surface area contributed by atoms with E-state index in [1.165, 1.54) is 13.2 Å².